The lowest BCUT2D eigenvalue weighted by atomic mass is 10.0. The van der Waals surface area contributed by atoms with Gasteiger partial charge in [0.15, 0.2) is 6.29 Å². The summed E-state index contributed by atoms with van der Waals surface area (Å²) in [6.07, 6.45) is 7.90. The van der Waals surface area contributed by atoms with Gasteiger partial charge in [0.2, 0.25) is 0 Å². The molecule has 0 bridgehead atoms. The molecular weight excluding hydrogens is 240 g/mol. The van der Waals surface area contributed by atoms with Crippen molar-refractivity contribution in [2.24, 2.45) is 0 Å². The summed E-state index contributed by atoms with van der Waals surface area (Å²) in [7, 11) is 0. The molecule has 1 heterocycles. The average Bonchev–Trinajstić information content (AvgIpc) is 2.38. The zero-order valence-electron chi connectivity index (χ0n) is 9.84. The third-order valence-electron chi connectivity index (χ3n) is 2.83. The molecule has 0 N–H and O–H groups in total. The van der Waals surface area contributed by atoms with Gasteiger partial charge in [-0.05, 0) is 29.8 Å². The van der Waals surface area contributed by atoms with Gasteiger partial charge in [0.1, 0.15) is 11.1 Å². The van der Waals surface area contributed by atoms with Crippen LogP contribution in [0.1, 0.15) is 21.5 Å². The Kier molecular flexibility index (Phi) is 2.62. The Balaban J connectivity index is 2.35. The molecule has 0 aliphatic heterocycles. The van der Waals surface area contributed by atoms with Gasteiger partial charge in [-0.2, -0.15) is 0 Å². The van der Waals surface area contributed by atoms with Crippen LogP contribution in [0.5, 0.6) is 0 Å². The van der Waals surface area contributed by atoms with Crippen molar-refractivity contribution in [2.45, 2.75) is 0 Å². The van der Waals surface area contributed by atoms with Crippen LogP contribution in [0, 0.1) is 11.8 Å². The maximum absolute atomic E-state index is 11.5. The van der Waals surface area contributed by atoms with Crippen LogP contribution < -0.4 is 5.63 Å². The molecule has 19 heavy (non-hydrogen) atoms. The molecular formula is C16H8O3. The molecule has 90 valence electrons. The van der Waals surface area contributed by atoms with Crippen LogP contribution in [-0.2, 0) is 0 Å². The zero-order chi connectivity index (χ0) is 13.2. The normalized spacial score (nSPS) is 15.6. The van der Waals surface area contributed by atoms with Crippen molar-refractivity contribution >= 4 is 23.3 Å². The van der Waals surface area contributed by atoms with Crippen LogP contribution in [0.15, 0.2) is 45.6 Å². The van der Waals surface area contributed by atoms with Gasteiger partial charge in [-0.25, -0.2) is 4.79 Å². The molecule has 0 spiro atoms. The van der Waals surface area contributed by atoms with Crippen molar-refractivity contribution in [1.82, 2.24) is 0 Å². The number of carbonyl (C=O) groups excluding carboxylic acids is 1. The van der Waals surface area contributed by atoms with E-state index in [4.69, 9.17) is 4.42 Å². The van der Waals surface area contributed by atoms with E-state index < -0.39 is 5.63 Å². The van der Waals surface area contributed by atoms with E-state index in [1.807, 2.05) is 24.3 Å². The van der Waals surface area contributed by atoms with E-state index in [-0.39, 0.29) is 5.56 Å². The average molecular weight is 248 g/mol. The minimum absolute atomic E-state index is 0.0215. The maximum atomic E-state index is 11.5. The molecule has 0 saturated heterocycles. The molecule has 0 saturated carbocycles. The van der Waals surface area contributed by atoms with Crippen LogP contribution in [0.2, 0.25) is 0 Å². The Morgan fingerprint density at radius 3 is 2.89 bits per heavy atom. The van der Waals surface area contributed by atoms with Gasteiger partial charge in [-0.1, -0.05) is 30.1 Å². The summed E-state index contributed by atoms with van der Waals surface area (Å²) in [5, 5.41) is 0.705. The van der Waals surface area contributed by atoms with E-state index in [0.29, 0.717) is 17.3 Å². The standard InChI is InChI=1S/C16H8O3/c17-10-14-8-13-7-11-5-3-1-2-4-6-12(11)9-15(13)19-16(14)18/h1-3,5,7-10H/b2-1-,3-1?,5-3-,11-5?. The third-order valence-corrected chi connectivity index (χ3v) is 2.83. The van der Waals surface area contributed by atoms with Gasteiger partial charge >= 0.3 is 5.63 Å². The van der Waals surface area contributed by atoms with Gasteiger partial charge < -0.3 is 4.42 Å². The number of hydrogen-bond donors (Lipinski definition) is 0. The zero-order valence-corrected chi connectivity index (χ0v) is 9.84. The molecule has 0 atom stereocenters. The van der Waals surface area contributed by atoms with Crippen molar-refractivity contribution in [1.29, 1.82) is 0 Å². The molecule has 3 rings (SSSR count). The molecule has 1 aromatic carbocycles. The third kappa shape index (κ3) is 2.00. The molecule has 0 fully saturated rings. The first kappa shape index (κ1) is 11.2. The van der Waals surface area contributed by atoms with E-state index in [9.17, 15) is 9.59 Å². The van der Waals surface area contributed by atoms with Crippen molar-refractivity contribution < 1.29 is 9.21 Å². The Hall–Kier alpha value is -2.86. The number of carbonyl (C=O) groups is 1. The Morgan fingerprint density at radius 2 is 2.05 bits per heavy atom. The highest BCUT2D eigenvalue weighted by atomic mass is 16.4. The second-order valence-electron chi connectivity index (χ2n) is 4.07. The van der Waals surface area contributed by atoms with Crippen LogP contribution in [0.25, 0.3) is 17.0 Å². The number of hydrogen-bond acceptors (Lipinski definition) is 3. The van der Waals surface area contributed by atoms with Crippen molar-refractivity contribution in [3.05, 3.63) is 63.5 Å². The second kappa shape index (κ2) is 4.43. The topological polar surface area (TPSA) is 47.3 Å². The molecule has 1 aliphatic rings. The largest absolute Gasteiger partial charge is 0.422 e. The van der Waals surface area contributed by atoms with E-state index in [0.717, 1.165) is 11.1 Å². The van der Waals surface area contributed by atoms with Gasteiger partial charge in [0.05, 0.1) is 0 Å². The first-order valence-corrected chi connectivity index (χ1v) is 5.70. The fourth-order valence-electron chi connectivity index (χ4n) is 1.91. The molecule has 0 amide bonds. The minimum Gasteiger partial charge on any atom is -0.422 e. The highest BCUT2D eigenvalue weighted by molar-refractivity contribution is 5.87. The first-order chi connectivity index (χ1) is 9.28. The summed E-state index contributed by atoms with van der Waals surface area (Å²) in [5.74, 6) is 5.87. The van der Waals surface area contributed by atoms with Gasteiger partial charge in [0, 0.05) is 10.9 Å². The monoisotopic (exact) mass is 248 g/mol. The second-order valence-corrected chi connectivity index (χ2v) is 4.07. The van der Waals surface area contributed by atoms with E-state index in [1.54, 1.807) is 12.1 Å². The summed E-state index contributed by atoms with van der Waals surface area (Å²) in [4.78, 5) is 22.3. The molecule has 3 heteroatoms. The lowest BCUT2D eigenvalue weighted by Crippen LogP contribution is -2.05. The summed E-state index contributed by atoms with van der Waals surface area (Å²) < 4.78 is 5.13. The molecule has 1 aliphatic carbocycles. The van der Waals surface area contributed by atoms with Crippen LogP contribution >= 0.6 is 0 Å². The Labute approximate surface area is 108 Å². The van der Waals surface area contributed by atoms with Gasteiger partial charge in [-0.15, -0.1) is 0 Å². The maximum Gasteiger partial charge on any atom is 0.346 e. The number of allylic oxidation sites excluding steroid dienone is 3. The SMILES string of the molecule is O=Cc1cc2cc3c(cc2oc1=O)C#C/C=C\C=C/3. The Morgan fingerprint density at radius 1 is 1.16 bits per heavy atom. The number of fused-ring (bicyclic) bond motifs is 2. The molecule has 0 unspecified atom stereocenters. The van der Waals surface area contributed by atoms with Crippen molar-refractivity contribution in [2.75, 3.05) is 0 Å². The molecule has 1 aromatic heterocycles. The van der Waals surface area contributed by atoms with E-state index >= 15 is 0 Å². The van der Waals surface area contributed by atoms with Gasteiger partial charge in [-0.3, -0.25) is 4.79 Å². The summed E-state index contributed by atoms with van der Waals surface area (Å²) in [6, 6.07) is 5.10. The summed E-state index contributed by atoms with van der Waals surface area (Å²) in [6.45, 7) is 0. The van der Waals surface area contributed by atoms with E-state index in [1.165, 1.54) is 6.07 Å². The fourth-order valence-corrected chi connectivity index (χ4v) is 1.91. The molecule has 3 nitrogen and oxygen atoms in total. The fraction of sp³-hybridized carbons (Fsp3) is 0. The quantitative estimate of drug-likeness (QED) is 0.442. The highest BCUT2D eigenvalue weighted by Gasteiger charge is 2.07. The number of aldehydes is 1. The first-order valence-electron chi connectivity index (χ1n) is 5.70. The van der Waals surface area contributed by atoms with Crippen molar-refractivity contribution in [3.8, 4) is 11.8 Å². The smallest absolute Gasteiger partial charge is 0.346 e. The molecule has 0 radical (unpaired) electrons. The summed E-state index contributed by atoms with van der Waals surface area (Å²) >= 11 is 0. The minimum atomic E-state index is -0.628. The van der Waals surface area contributed by atoms with E-state index in [2.05, 4.69) is 11.8 Å². The van der Waals surface area contributed by atoms with Crippen LogP contribution in [0.3, 0.4) is 0 Å². The molecule has 2 aromatic rings. The lowest BCUT2D eigenvalue weighted by Gasteiger charge is -2.03. The van der Waals surface area contributed by atoms with Gasteiger partial charge in [0.25, 0.3) is 0 Å². The Bertz CT molecular complexity index is 855. The van der Waals surface area contributed by atoms with Crippen LogP contribution in [0.4, 0.5) is 0 Å². The predicted octanol–water partition coefficient (Wildman–Crippen LogP) is 2.54. The lowest BCUT2D eigenvalue weighted by molar-refractivity contribution is 0.112. The van der Waals surface area contributed by atoms with Crippen molar-refractivity contribution in [3.63, 3.8) is 0 Å². The summed E-state index contributed by atoms with van der Waals surface area (Å²) in [5.41, 5.74) is 1.54. The number of benzene rings is 1. The van der Waals surface area contributed by atoms with Crippen LogP contribution in [-0.4, -0.2) is 6.29 Å². The predicted molar refractivity (Wildman–Crippen MR) is 72.9 cm³/mol. The number of rotatable bonds is 1. The highest BCUT2D eigenvalue weighted by Crippen LogP contribution is 2.21.